The third-order valence-electron chi connectivity index (χ3n) is 2.91. The van der Waals surface area contributed by atoms with Crippen LogP contribution in [0.15, 0.2) is 42.5 Å². The molecule has 1 unspecified atom stereocenters. The van der Waals surface area contributed by atoms with Crippen molar-refractivity contribution in [3.63, 3.8) is 0 Å². The summed E-state index contributed by atoms with van der Waals surface area (Å²) in [4.78, 5) is 11.6. The summed E-state index contributed by atoms with van der Waals surface area (Å²) in [6.45, 7) is 1.76. The molecule has 0 aliphatic carbocycles. The van der Waals surface area contributed by atoms with Gasteiger partial charge in [-0.05, 0) is 49.4 Å². The Hall–Kier alpha value is -1.62. The van der Waals surface area contributed by atoms with E-state index in [1.807, 2.05) is 0 Å². The molecule has 128 valence electrons. The SMILES string of the molecule is CC(Oc1ccc(Oc2ccc(Cl)cc2Cl)cc1)C(=O)OCCCl. The fourth-order valence-electron chi connectivity index (χ4n) is 1.78. The van der Waals surface area contributed by atoms with Crippen molar-refractivity contribution in [3.8, 4) is 17.2 Å². The predicted octanol–water partition coefficient (Wildman–Crippen LogP) is 5.34. The smallest absolute Gasteiger partial charge is 0.347 e. The molecule has 0 fully saturated rings. The zero-order chi connectivity index (χ0) is 17.5. The summed E-state index contributed by atoms with van der Waals surface area (Å²) in [6.07, 6.45) is -0.731. The van der Waals surface area contributed by atoms with Gasteiger partial charge < -0.3 is 14.2 Å². The molecule has 0 saturated carbocycles. The average Bonchev–Trinajstić information content (AvgIpc) is 2.56. The Labute approximate surface area is 155 Å². The van der Waals surface area contributed by atoms with Crippen LogP contribution in [0.3, 0.4) is 0 Å². The van der Waals surface area contributed by atoms with Gasteiger partial charge in [0, 0.05) is 5.02 Å². The molecule has 0 radical (unpaired) electrons. The number of benzene rings is 2. The number of hydrogen-bond donors (Lipinski definition) is 0. The maximum absolute atomic E-state index is 11.6. The second-order valence-electron chi connectivity index (χ2n) is 4.76. The Morgan fingerprint density at radius 1 is 1.08 bits per heavy atom. The fraction of sp³-hybridized carbons (Fsp3) is 0.235. The lowest BCUT2D eigenvalue weighted by Gasteiger charge is -2.14. The van der Waals surface area contributed by atoms with E-state index in [-0.39, 0.29) is 12.5 Å². The lowest BCUT2D eigenvalue weighted by molar-refractivity contribution is -0.150. The van der Waals surface area contributed by atoms with Crippen molar-refractivity contribution < 1.29 is 19.0 Å². The number of carbonyl (C=O) groups is 1. The third kappa shape index (κ3) is 5.48. The molecule has 0 heterocycles. The predicted molar refractivity (Wildman–Crippen MR) is 94.7 cm³/mol. The minimum Gasteiger partial charge on any atom is -0.479 e. The summed E-state index contributed by atoms with van der Waals surface area (Å²) >= 11 is 17.4. The Kier molecular flexibility index (Phi) is 7.03. The van der Waals surface area contributed by atoms with E-state index < -0.39 is 12.1 Å². The number of esters is 1. The molecule has 2 rings (SSSR count). The molecule has 2 aromatic carbocycles. The average molecular weight is 390 g/mol. The highest BCUT2D eigenvalue weighted by atomic mass is 35.5. The van der Waals surface area contributed by atoms with E-state index >= 15 is 0 Å². The molecule has 0 bridgehead atoms. The highest BCUT2D eigenvalue weighted by molar-refractivity contribution is 6.35. The topological polar surface area (TPSA) is 44.8 Å². The zero-order valence-corrected chi connectivity index (χ0v) is 15.1. The van der Waals surface area contributed by atoms with Crippen molar-refractivity contribution in [2.24, 2.45) is 0 Å². The first-order chi connectivity index (χ1) is 11.5. The first-order valence-corrected chi connectivity index (χ1v) is 8.41. The summed E-state index contributed by atoms with van der Waals surface area (Å²) in [5.41, 5.74) is 0. The van der Waals surface area contributed by atoms with Crippen molar-refractivity contribution >= 4 is 40.8 Å². The van der Waals surface area contributed by atoms with Crippen LogP contribution in [0.2, 0.25) is 10.0 Å². The molecule has 0 aromatic heterocycles. The number of carbonyl (C=O) groups excluding carboxylic acids is 1. The van der Waals surface area contributed by atoms with E-state index in [2.05, 4.69) is 0 Å². The van der Waals surface area contributed by atoms with E-state index in [9.17, 15) is 4.79 Å². The van der Waals surface area contributed by atoms with Gasteiger partial charge in [-0.15, -0.1) is 11.6 Å². The summed E-state index contributed by atoms with van der Waals surface area (Å²) in [7, 11) is 0. The zero-order valence-electron chi connectivity index (χ0n) is 12.8. The Morgan fingerprint density at radius 2 is 1.75 bits per heavy atom. The van der Waals surface area contributed by atoms with Crippen LogP contribution in [-0.4, -0.2) is 24.6 Å². The molecule has 7 heteroatoms. The third-order valence-corrected chi connectivity index (χ3v) is 3.60. The highest BCUT2D eigenvalue weighted by Crippen LogP contribution is 2.32. The van der Waals surface area contributed by atoms with Crippen molar-refractivity contribution in [2.45, 2.75) is 13.0 Å². The largest absolute Gasteiger partial charge is 0.479 e. The van der Waals surface area contributed by atoms with E-state index in [0.717, 1.165) is 0 Å². The minimum absolute atomic E-state index is 0.155. The molecule has 0 aliphatic rings. The second kappa shape index (κ2) is 9.02. The molecule has 2 aromatic rings. The van der Waals surface area contributed by atoms with Crippen molar-refractivity contribution in [3.05, 3.63) is 52.5 Å². The van der Waals surface area contributed by atoms with Gasteiger partial charge in [0.15, 0.2) is 6.10 Å². The standard InChI is InChI=1S/C17H15Cl3O4/c1-11(17(21)22-9-8-18)23-13-3-5-14(6-4-13)24-16-7-2-12(19)10-15(16)20/h2-7,10-11H,8-9H2,1H3. The van der Waals surface area contributed by atoms with Crippen LogP contribution in [0.25, 0.3) is 0 Å². The first kappa shape index (κ1) is 18.7. The molecule has 24 heavy (non-hydrogen) atoms. The molecule has 0 N–H and O–H groups in total. The van der Waals surface area contributed by atoms with Crippen LogP contribution in [0, 0.1) is 0 Å². The molecule has 0 saturated heterocycles. The van der Waals surface area contributed by atoms with Crippen LogP contribution in [0.4, 0.5) is 0 Å². The highest BCUT2D eigenvalue weighted by Gasteiger charge is 2.16. The monoisotopic (exact) mass is 388 g/mol. The maximum atomic E-state index is 11.6. The second-order valence-corrected chi connectivity index (χ2v) is 5.99. The van der Waals surface area contributed by atoms with E-state index in [1.54, 1.807) is 49.4 Å². The number of alkyl halides is 1. The molecule has 4 nitrogen and oxygen atoms in total. The van der Waals surface area contributed by atoms with Gasteiger partial charge in [-0.2, -0.15) is 0 Å². The molecule has 1 atom stereocenters. The van der Waals surface area contributed by atoms with E-state index in [4.69, 9.17) is 49.0 Å². The van der Waals surface area contributed by atoms with Crippen molar-refractivity contribution in [2.75, 3.05) is 12.5 Å². The number of ether oxygens (including phenoxy) is 3. The van der Waals surface area contributed by atoms with Gasteiger partial charge in [-0.25, -0.2) is 4.79 Å². The van der Waals surface area contributed by atoms with Crippen molar-refractivity contribution in [1.82, 2.24) is 0 Å². The van der Waals surface area contributed by atoms with Gasteiger partial charge in [-0.3, -0.25) is 0 Å². The number of hydrogen-bond acceptors (Lipinski definition) is 4. The maximum Gasteiger partial charge on any atom is 0.347 e. The van der Waals surface area contributed by atoms with E-state index in [1.165, 1.54) is 0 Å². The summed E-state index contributed by atoms with van der Waals surface area (Å²) in [5, 5.41) is 0.949. The Balaban J connectivity index is 1.96. The van der Waals surface area contributed by atoms with Crippen LogP contribution in [0.1, 0.15) is 6.92 Å². The number of rotatable bonds is 7. The molecule has 0 amide bonds. The molecule has 0 aliphatic heterocycles. The summed E-state index contributed by atoms with van der Waals surface area (Å²) < 4.78 is 16.1. The molecular formula is C17H15Cl3O4. The van der Waals surface area contributed by atoms with Crippen molar-refractivity contribution in [1.29, 1.82) is 0 Å². The van der Waals surface area contributed by atoms with Gasteiger partial charge in [0.2, 0.25) is 0 Å². The first-order valence-electron chi connectivity index (χ1n) is 7.12. The van der Waals surface area contributed by atoms with E-state index in [0.29, 0.717) is 27.3 Å². The van der Waals surface area contributed by atoms with Gasteiger partial charge in [0.05, 0.1) is 10.9 Å². The van der Waals surface area contributed by atoms with Crippen LogP contribution >= 0.6 is 34.8 Å². The molecule has 0 spiro atoms. The summed E-state index contributed by atoms with van der Waals surface area (Å²) in [6, 6.07) is 11.8. The molecular weight excluding hydrogens is 375 g/mol. The Bertz CT molecular complexity index is 689. The lowest BCUT2D eigenvalue weighted by Crippen LogP contribution is -2.26. The fourth-order valence-corrected chi connectivity index (χ4v) is 2.30. The van der Waals surface area contributed by atoms with Crippen LogP contribution in [0.5, 0.6) is 17.2 Å². The normalized spacial score (nSPS) is 11.7. The Morgan fingerprint density at radius 3 is 2.38 bits per heavy atom. The van der Waals surface area contributed by atoms with Crippen LogP contribution < -0.4 is 9.47 Å². The van der Waals surface area contributed by atoms with Crippen LogP contribution in [-0.2, 0) is 9.53 Å². The van der Waals surface area contributed by atoms with Gasteiger partial charge in [0.1, 0.15) is 23.9 Å². The number of halogens is 3. The van der Waals surface area contributed by atoms with Gasteiger partial charge in [0.25, 0.3) is 0 Å². The van der Waals surface area contributed by atoms with Gasteiger partial charge >= 0.3 is 5.97 Å². The lowest BCUT2D eigenvalue weighted by atomic mass is 10.3. The van der Waals surface area contributed by atoms with Gasteiger partial charge in [-0.1, -0.05) is 23.2 Å². The quantitative estimate of drug-likeness (QED) is 0.474. The minimum atomic E-state index is -0.731. The summed E-state index contributed by atoms with van der Waals surface area (Å²) in [5.74, 6) is 1.36.